The maximum Gasteiger partial charge on any atom is 0.315 e. The first kappa shape index (κ1) is 7.17. The highest BCUT2D eigenvalue weighted by Crippen LogP contribution is 2.23. The Morgan fingerprint density at radius 2 is 2.14 bits per heavy atom. The summed E-state index contributed by atoms with van der Waals surface area (Å²) in [5.74, 6) is -1.24. The first-order valence-electron chi connectivity index (χ1n) is 1.31. The van der Waals surface area contributed by atoms with Gasteiger partial charge in [0.05, 0.1) is 0 Å². The summed E-state index contributed by atoms with van der Waals surface area (Å²) in [7, 11) is 0. The SMILES string of the molecule is NC(=O)C(F)(Cl)Br. The number of hydrogen-bond donors (Lipinski definition) is 1. The van der Waals surface area contributed by atoms with Crippen LogP contribution in [0.5, 0.6) is 0 Å². The second-order valence-corrected chi connectivity index (χ2v) is 2.93. The topological polar surface area (TPSA) is 43.1 Å². The molecule has 5 heteroatoms. The Kier molecular flexibility index (Phi) is 2.01. The number of halogens is 3. The Morgan fingerprint density at radius 1 is 2.00 bits per heavy atom. The number of rotatable bonds is 1. The van der Waals surface area contributed by atoms with Crippen LogP contribution in [0.25, 0.3) is 0 Å². The standard InChI is InChI=1S/C2H2BrClFNO/c3-2(4,5)1(6)7/h(H2,6,7). The smallest absolute Gasteiger partial charge is 0.315 e. The molecule has 0 heterocycles. The maximum atomic E-state index is 11.7. The molecule has 0 fully saturated rings. The molecule has 0 aliphatic rings. The van der Waals surface area contributed by atoms with E-state index in [2.05, 4.69) is 33.3 Å². The quantitative estimate of drug-likeness (QED) is 0.609. The van der Waals surface area contributed by atoms with Gasteiger partial charge in [0.1, 0.15) is 0 Å². The van der Waals surface area contributed by atoms with Crippen LogP contribution in [0.15, 0.2) is 0 Å². The van der Waals surface area contributed by atoms with Crippen LogP contribution in [0.2, 0.25) is 0 Å². The first-order chi connectivity index (χ1) is 2.94. The van der Waals surface area contributed by atoms with Crippen molar-refractivity contribution in [1.82, 2.24) is 0 Å². The van der Waals surface area contributed by atoms with E-state index in [1.807, 2.05) is 0 Å². The maximum absolute atomic E-state index is 11.7. The second-order valence-electron chi connectivity index (χ2n) is 0.862. The highest BCUT2D eigenvalue weighted by molar-refractivity contribution is 9.10. The second kappa shape index (κ2) is 1.96. The molecule has 0 spiro atoms. The molecule has 1 unspecified atom stereocenters. The van der Waals surface area contributed by atoms with Gasteiger partial charge in [-0.25, -0.2) is 4.39 Å². The lowest BCUT2D eigenvalue weighted by Crippen LogP contribution is -2.27. The van der Waals surface area contributed by atoms with Crippen LogP contribution in [0.1, 0.15) is 0 Å². The van der Waals surface area contributed by atoms with Crippen molar-refractivity contribution in [3.8, 4) is 0 Å². The van der Waals surface area contributed by atoms with Gasteiger partial charge in [-0.05, 0) is 15.9 Å². The van der Waals surface area contributed by atoms with Crippen LogP contribution in [-0.4, -0.2) is 9.94 Å². The van der Waals surface area contributed by atoms with Gasteiger partial charge in [0.25, 0.3) is 5.91 Å². The van der Waals surface area contributed by atoms with E-state index in [1.165, 1.54) is 0 Å². The van der Waals surface area contributed by atoms with E-state index in [-0.39, 0.29) is 0 Å². The molecule has 0 saturated carbocycles. The van der Waals surface area contributed by atoms with E-state index < -0.39 is 9.94 Å². The molecule has 42 valence electrons. The fraction of sp³-hybridized carbons (Fsp3) is 0.500. The summed E-state index contributed by atoms with van der Waals surface area (Å²) in [6.07, 6.45) is 0. The number of nitrogens with two attached hydrogens (primary N) is 1. The van der Waals surface area contributed by atoms with Gasteiger partial charge >= 0.3 is 4.04 Å². The summed E-state index contributed by atoms with van der Waals surface area (Å²) >= 11 is 6.81. The summed E-state index contributed by atoms with van der Waals surface area (Å²) in [6.45, 7) is 0. The van der Waals surface area contributed by atoms with E-state index >= 15 is 0 Å². The molecule has 0 aromatic carbocycles. The van der Waals surface area contributed by atoms with Crippen molar-refractivity contribution in [3.63, 3.8) is 0 Å². The van der Waals surface area contributed by atoms with Crippen LogP contribution >= 0.6 is 27.5 Å². The lowest BCUT2D eigenvalue weighted by Gasteiger charge is -1.99. The minimum atomic E-state index is -2.58. The van der Waals surface area contributed by atoms with E-state index in [0.29, 0.717) is 0 Å². The zero-order chi connectivity index (χ0) is 6.08. The molecule has 0 aliphatic carbocycles. The van der Waals surface area contributed by atoms with Crippen molar-refractivity contribution < 1.29 is 9.18 Å². The van der Waals surface area contributed by atoms with Gasteiger partial charge in [0.15, 0.2) is 0 Å². The summed E-state index contributed by atoms with van der Waals surface area (Å²) < 4.78 is 9.14. The van der Waals surface area contributed by atoms with Gasteiger partial charge in [-0.3, -0.25) is 4.79 Å². The molecule has 0 aromatic heterocycles. The molecule has 0 radical (unpaired) electrons. The number of primary amides is 1. The van der Waals surface area contributed by atoms with Crippen LogP contribution in [-0.2, 0) is 4.79 Å². The molecule has 1 amide bonds. The molecule has 0 aromatic rings. The van der Waals surface area contributed by atoms with Gasteiger partial charge < -0.3 is 5.73 Å². The average Bonchev–Trinajstić information content (AvgIpc) is 1.31. The van der Waals surface area contributed by atoms with Crippen LogP contribution < -0.4 is 5.73 Å². The Bertz CT molecular complexity index is 90.2. The summed E-state index contributed by atoms with van der Waals surface area (Å²) in [5, 5.41) is 0. The van der Waals surface area contributed by atoms with Crippen LogP contribution in [0, 0.1) is 0 Å². The van der Waals surface area contributed by atoms with Crippen LogP contribution in [0.3, 0.4) is 0 Å². The molecule has 1 atom stereocenters. The Balaban J connectivity index is 3.79. The predicted molar refractivity (Wildman–Crippen MR) is 27.8 cm³/mol. The van der Waals surface area contributed by atoms with Crippen molar-refractivity contribution in [2.75, 3.05) is 0 Å². The Labute approximate surface area is 52.9 Å². The van der Waals surface area contributed by atoms with E-state index in [1.54, 1.807) is 0 Å². The van der Waals surface area contributed by atoms with Crippen molar-refractivity contribution in [2.45, 2.75) is 4.04 Å². The molecule has 2 nitrogen and oxygen atoms in total. The molecule has 0 aliphatic heterocycles. The molecule has 0 saturated heterocycles. The molecule has 2 N–H and O–H groups in total. The highest BCUT2D eigenvalue weighted by atomic mass is 79.9. The van der Waals surface area contributed by atoms with E-state index in [4.69, 9.17) is 0 Å². The van der Waals surface area contributed by atoms with Gasteiger partial charge in [-0.15, -0.1) is 0 Å². The fourth-order valence-corrected chi connectivity index (χ4v) is 0. The summed E-state index contributed by atoms with van der Waals surface area (Å²) in [6, 6.07) is 0. The Hall–Kier alpha value is 0.170. The van der Waals surface area contributed by atoms with Crippen molar-refractivity contribution in [2.24, 2.45) is 5.73 Å². The zero-order valence-electron chi connectivity index (χ0n) is 3.12. The minimum Gasteiger partial charge on any atom is -0.365 e. The van der Waals surface area contributed by atoms with E-state index in [0.717, 1.165) is 0 Å². The molecule has 0 bridgehead atoms. The largest absolute Gasteiger partial charge is 0.365 e. The first-order valence-corrected chi connectivity index (χ1v) is 2.48. The van der Waals surface area contributed by atoms with Crippen molar-refractivity contribution in [3.05, 3.63) is 0 Å². The number of hydrogen-bond acceptors (Lipinski definition) is 1. The van der Waals surface area contributed by atoms with Crippen molar-refractivity contribution >= 4 is 33.4 Å². The third-order valence-electron chi connectivity index (χ3n) is 0.279. The molecular weight excluding hydrogens is 188 g/mol. The van der Waals surface area contributed by atoms with Gasteiger partial charge in [0, 0.05) is 0 Å². The fourth-order valence-electron chi connectivity index (χ4n) is 0. The summed E-state index contributed by atoms with van der Waals surface area (Å²) in [5.41, 5.74) is 4.38. The predicted octanol–water partition coefficient (Wildman–Crippen LogP) is 0.729. The molecule has 0 rings (SSSR count). The molecule has 7 heavy (non-hydrogen) atoms. The lowest BCUT2D eigenvalue weighted by atomic mass is 10.7. The highest BCUT2D eigenvalue weighted by Gasteiger charge is 2.28. The lowest BCUT2D eigenvalue weighted by molar-refractivity contribution is -0.121. The number of carbonyl (C=O) groups excluding carboxylic acids is 1. The zero-order valence-corrected chi connectivity index (χ0v) is 5.46. The molecular formula is C2H2BrClFNO. The van der Waals surface area contributed by atoms with E-state index in [9.17, 15) is 9.18 Å². The minimum absolute atomic E-state index is 1.24. The number of amides is 1. The number of carbonyl (C=O) groups is 1. The monoisotopic (exact) mass is 189 g/mol. The third-order valence-corrected chi connectivity index (χ3v) is 0.856. The van der Waals surface area contributed by atoms with Gasteiger partial charge in [-0.2, -0.15) is 0 Å². The summed E-state index contributed by atoms with van der Waals surface area (Å²) in [4.78, 5) is 9.69. The third kappa shape index (κ3) is 2.82. The van der Waals surface area contributed by atoms with Crippen LogP contribution in [0.4, 0.5) is 4.39 Å². The van der Waals surface area contributed by atoms with Crippen molar-refractivity contribution in [1.29, 1.82) is 0 Å². The van der Waals surface area contributed by atoms with Gasteiger partial charge in [-0.1, -0.05) is 11.6 Å². The normalized spacial score (nSPS) is 18.1. The number of alkyl halides is 3. The van der Waals surface area contributed by atoms with Gasteiger partial charge in [0.2, 0.25) is 0 Å². The Morgan fingerprint density at radius 3 is 2.14 bits per heavy atom. The average molecular weight is 190 g/mol.